The molecule has 0 aliphatic heterocycles. The predicted molar refractivity (Wildman–Crippen MR) is 64.0 cm³/mol. The maximum Gasteiger partial charge on any atom is 0.0574 e. The molecule has 15 heavy (non-hydrogen) atoms. The molecule has 0 atom stereocenters. The molecule has 2 heteroatoms. The largest absolute Gasteiger partial charge is 0.397 e. The lowest BCUT2D eigenvalue weighted by Crippen LogP contribution is -1.89. The van der Waals surface area contributed by atoms with Crippen molar-refractivity contribution < 1.29 is 0 Å². The first-order valence-electron chi connectivity index (χ1n) is 4.79. The standard InChI is InChI=1S/C13H12N2/c14-13-10-15-9-8-12(13)7-6-11-4-2-1-3-5-11/h1-10H,14H2. The van der Waals surface area contributed by atoms with Crippen molar-refractivity contribution in [3.63, 3.8) is 0 Å². The zero-order valence-electron chi connectivity index (χ0n) is 8.30. The molecule has 0 fully saturated rings. The van der Waals surface area contributed by atoms with Gasteiger partial charge < -0.3 is 5.73 Å². The fourth-order valence-electron chi connectivity index (χ4n) is 1.32. The van der Waals surface area contributed by atoms with Gasteiger partial charge in [0.1, 0.15) is 0 Å². The number of nitrogens with zero attached hydrogens (tertiary/aromatic N) is 1. The molecule has 0 spiro atoms. The van der Waals surface area contributed by atoms with Gasteiger partial charge in [-0.3, -0.25) is 4.98 Å². The molecule has 0 amide bonds. The highest BCUT2D eigenvalue weighted by atomic mass is 14.7. The Labute approximate surface area is 89.1 Å². The predicted octanol–water partition coefficient (Wildman–Crippen LogP) is 2.83. The Kier molecular flexibility index (Phi) is 2.79. The van der Waals surface area contributed by atoms with Crippen LogP contribution in [0.4, 0.5) is 5.69 Å². The fraction of sp³-hybridized carbons (Fsp3) is 0. The van der Waals surface area contributed by atoms with Crippen molar-refractivity contribution in [2.75, 3.05) is 5.73 Å². The Bertz CT molecular complexity index is 461. The number of aromatic nitrogens is 1. The highest BCUT2D eigenvalue weighted by molar-refractivity contribution is 5.74. The zero-order valence-corrected chi connectivity index (χ0v) is 8.30. The van der Waals surface area contributed by atoms with Crippen molar-refractivity contribution in [2.45, 2.75) is 0 Å². The summed E-state index contributed by atoms with van der Waals surface area (Å²) in [5.41, 5.74) is 8.62. The second-order valence-corrected chi connectivity index (χ2v) is 3.25. The first-order chi connectivity index (χ1) is 7.36. The van der Waals surface area contributed by atoms with Crippen LogP contribution in [0.1, 0.15) is 11.1 Å². The quantitative estimate of drug-likeness (QED) is 0.802. The second kappa shape index (κ2) is 4.42. The Morgan fingerprint density at radius 1 is 1.00 bits per heavy atom. The highest BCUT2D eigenvalue weighted by Gasteiger charge is 1.92. The molecule has 2 aromatic rings. The molecule has 1 heterocycles. The molecule has 0 unspecified atom stereocenters. The molecule has 0 aliphatic rings. The molecule has 0 radical (unpaired) electrons. The molecule has 2 N–H and O–H groups in total. The number of pyridine rings is 1. The van der Waals surface area contributed by atoms with Gasteiger partial charge in [-0.1, -0.05) is 42.5 Å². The molecule has 0 aliphatic carbocycles. The van der Waals surface area contributed by atoms with Crippen LogP contribution in [0.25, 0.3) is 12.2 Å². The van der Waals surface area contributed by atoms with Crippen LogP contribution in [0.5, 0.6) is 0 Å². The number of nitrogen functional groups attached to an aromatic ring is 1. The smallest absolute Gasteiger partial charge is 0.0574 e. The van der Waals surface area contributed by atoms with Crippen molar-refractivity contribution in [1.29, 1.82) is 0 Å². The van der Waals surface area contributed by atoms with Crippen LogP contribution in [0.3, 0.4) is 0 Å². The Morgan fingerprint density at radius 2 is 1.80 bits per heavy atom. The van der Waals surface area contributed by atoms with Crippen LogP contribution < -0.4 is 5.73 Å². The minimum Gasteiger partial charge on any atom is -0.397 e. The summed E-state index contributed by atoms with van der Waals surface area (Å²) in [7, 11) is 0. The van der Waals surface area contributed by atoms with Crippen molar-refractivity contribution in [3.05, 3.63) is 59.9 Å². The third kappa shape index (κ3) is 2.44. The van der Waals surface area contributed by atoms with Gasteiger partial charge in [0.25, 0.3) is 0 Å². The van der Waals surface area contributed by atoms with Gasteiger partial charge in [0, 0.05) is 11.8 Å². The normalized spacial score (nSPS) is 10.7. The second-order valence-electron chi connectivity index (χ2n) is 3.25. The van der Waals surface area contributed by atoms with Gasteiger partial charge in [-0.15, -0.1) is 0 Å². The number of hydrogen-bond donors (Lipinski definition) is 1. The van der Waals surface area contributed by atoms with Crippen LogP contribution in [-0.2, 0) is 0 Å². The summed E-state index contributed by atoms with van der Waals surface area (Å²) in [4.78, 5) is 3.94. The van der Waals surface area contributed by atoms with E-state index in [9.17, 15) is 0 Å². The number of rotatable bonds is 2. The lowest BCUT2D eigenvalue weighted by Gasteiger charge is -1.97. The molecule has 2 rings (SSSR count). The summed E-state index contributed by atoms with van der Waals surface area (Å²) < 4.78 is 0. The van der Waals surface area contributed by atoms with E-state index >= 15 is 0 Å². The minimum atomic E-state index is 0.699. The molecule has 2 nitrogen and oxygen atoms in total. The van der Waals surface area contributed by atoms with Crippen molar-refractivity contribution in [2.24, 2.45) is 0 Å². The van der Waals surface area contributed by atoms with E-state index < -0.39 is 0 Å². The van der Waals surface area contributed by atoms with Crippen LogP contribution in [0, 0.1) is 0 Å². The lowest BCUT2D eigenvalue weighted by molar-refractivity contribution is 1.33. The summed E-state index contributed by atoms with van der Waals surface area (Å²) in [5, 5.41) is 0. The number of hydrogen-bond acceptors (Lipinski definition) is 2. The maximum absolute atomic E-state index is 5.77. The van der Waals surface area contributed by atoms with Crippen molar-refractivity contribution in [1.82, 2.24) is 4.98 Å². The molecule has 1 aromatic carbocycles. The lowest BCUT2D eigenvalue weighted by atomic mass is 10.1. The van der Waals surface area contributed by atoms with E-state index in [0.717, 1.165) is 11.1 Å². The van der Waals surface area contributed by atoms with E-state index in [1.807, 2.05) is 48.6 Å². The van der Waals surface area contributed by atoms with Gasteiger partial charge >= 0.3 is 0 Å². The van der Waals surface area contributed by atoms with E-state index in [1.165, 1.54) is 0 Å². The summed E-state index contributed by atoms with van der Waals surface area (Å²) in [6.45, 7) is 0. The summed E-state index contributed by atoms with van der Waals surface area (Å²) >= 11 is 0. The van der Waals surface area contributed by atoms with E-state index in [0.29, 0.717) is 5.69 Å². The molecular weight excluding hydrogens is 184 g/mol. The Morgan fingerprint density at radius 3 is 2.53 bits per heavy atom. The van der Waals surface area contributed by atoms with E-state index in [-0.39, 0.29) is 0 Å². The van der Waals surface area contributed by atoms with Crippen molar-refractivity contribution >= 4 is 17.8 Å². The van der Waals surface area contributed by atoms with Gasteiger partial charge in [0.2, 0.25) is 0 Å². The van der Waals surface area contributed by atoms with Gasteiger partial charge in [-0.2, -0.15) is 0 Å². The van der Waals surface area contributed by atoms with E-state index in [4.69, 9.17) is 5.73 Å². The third-order valence-electron chi connectivity index (χ3n) is 2.14. The molecular formula is C13H12N2. The van der Waals surface area contributed by atoms with Crippen LogP contribution in [-0.4, -0.2) is 4.98 Å². The first kappa shape index (κ1) is 9.46. The number of anilines is 1. The molecule has 0 bridgehead atoms. The maximum atomic E-state index is 5.77. The van der Waals surface area contributed by atoms with Crippen LogP contribution in [0.15, 0.2) is 48.8 Å². The molecule has 0 saturated heterocycles. The summed E-state index contributed by atoms with van der Waals surface area (Å²) in [5.74, 6) is 0. The molecule has 1 aromatic heterocycles. The minimum absolute atomic E-state index is 0.699. The van der Waals surface area contributed by atoms with Gasteiger partial charge in [-0.05, 0) is 11.6 Å². The van der Waals surface area contributed by atoms with Gasteiger partial charge in [-0.25, -0.2) is 0 Å². The number of nitrogens with two attached hydrogens (primary N) is 1. The first-order valence-corrected chi connectivity index (χ1v) is 4.79. The SMILES string of the molecule is Nc1cnccc1C=Cc1ccccc1. The van der Waals surface area contributed by atoms with Gasteiger partial charge in [0.05, 0.1) is 11.9 Å². The summed E-state index contributed by atoms with van der Waals surface area (Å²) in [6, 6.07) is 12.0. The van der Waals surface area contributed by atoms with Crippen LogP contribution >= 0.6 is 0 Å². The molecule has 0 saturated carbocycles. The number of benzene rings is 1. The zero-order chi connectivity index (χ0) is 10.5. The van der Waals surface area contributed by atoms with Crippen molar-refractivity contribution in [3.8, 4) is 0 Å². The fourth-order valence-corrected chi connectivity index (χ4v) is 1.32. The van der Waals surface area contributed by atoms with E-state index in [1.54, 1.807) is 12.4 Å². The highest BCUT2D eigenvalue weighted by Crippen LogP contribution is 2.13. The topological polar surface area (TPSA) is 38.9 Å². The monoisotopic (exact) mass is 196 g/mol. The van der Waals surface area contributed by atoms with E-state index in [2.05, 4.69) is 4.98 Å². The summed E-state index contributed by atoms with van der Waals surface area (Å²) in [6.07, 6.45) is 7.42. The Hall–Kier alpha value is -2.09. The Balaban J connectivity index is 2.23. The van der Waals surface area contributed by atoms with Crippen LogP contribution in [0.2, 0.25) is 0 Å². The average molecular weight is 196 g/mol. The third-order valence-corrected chi connectivity index (χ3v) is 2.14. The average Bonchev–Trinajstić information content (AvgIpc) is 2.29. The van der Waals surface area contributed by atoms with Gasteiger partial charge in [0.15, 0.2) is 0 Å². The molecule has 74 valence electrons.